The van der Waals surface area contributed by atoms with Crippen LogP contribution in [0.5, 0.6) is 0 Å². The van der Waals surface area contributed by atoms with E-state index in [1.54, 1.807) is 0 Å². The summed E-state index contributed by atoms with van der Waals surface area (Å²) in [6, 6.07) is -0.103. The van der Waals surface area contributed by atoms with Gasteiger partial charge in [-0.2, -0.15) is 4.98 Å². The Morgan fingerprint density at radius 3 is 3.00 bits per heavy atom. The maximum Gasteiger partial charge on any atom is 0.268 e. The molecule has 8 heteroatoms. The first-order chi connectivity index (χ1) is 10.2. The fourth-order valence-electron chi connectivity index (χ4n) is 2.56. The molecule has 112 valence electrons. The van der Waals surface area contributed by atoms with E-state index in [1.807, 2.05) is 18.7 Å². The minimum Gasteiger partial charge on any atom is -0.339 e. The van der Waals surface area contributed by atoms with Gasteiger partial charge in [-0.15, -0.1) is 5.10 Å². The van der Waals surface area contributed by atoms with E-state index in [-0.39, 0.29) is 11.9 Å². The van der Waals surface area contributed by atoms with Gasteiger partial charge in [-0.25, -0.2) is 0 Å². The predicted molar refractivity (Wildman–Crippen MR) is 76.0 cm³/mol. The minimum absolute atomic E-state index is 0.0211. The molecule has 7 nitrogen and oxygen atoms in total. The molecule has 1 amide bonds. The van der Waals surface area contributed by atoms with Gasteiger partial charge in [-0.3, -0.25) is 4.79 Å². The van der Waals surface area contributed by atoms with Crippen LogP contribution in [0, 0.1) is 0 Å². The molecule has 1 saturated heterocycles. The van der Waals surface area contributed by atoms with Gasteiger partial charge >= 0.3 is 0 Å². The quantitative estimate of drug-likeness (QED) is 0.859. The van der Waals surface area contributed by atoms with Gasteiger partial charge in [-0.05, 0) is 30.8 Å². The first-order valence-electron chi connectivity index (χ1n) is 7.19. The molecule has 2 aromatic heterocycles. The molecule has 1 aliphatic heterocycles. The Labute approximate surface area is 126 Å². The Morgan fingerprint density at radius 1 is 1.43 bits per heavy atom. The molecule has 0 aliphatic carbocycles. The third-order valence-corrected chi connectivity index (χ3v) is 4.44. The van der Waals surface area contributed by atoms with E-state index in [1.165, 1.54) is 0 Å². The normalized spacial score (nSPS) is 18.4. The third kappa shape index (κ3) is 2.55. The fourth-order valence-corrected chi connectivity index (χ4v) is 3.26. The molecule has 2 aromatic rings. The standard InChI is InChI=1S/C13H17N5O2S/c1-3-8-11(21-17-15-8)13(19)18-7-5-6-9(18)12-14-10(4-2)20-16-12/h9H,3-7H2,1-2H3. The van der Waals surface area contributed by atoms with Gasteiger partial charge in [0.2, 0.25) is 5.89 Å². The predicted octanol–water partition coefficient (Wildman–Crippen LogP) is 2.02. The number of aryl methyl sites for hydroxylation is 2. The van der Waals surface area contributed by atoms with E-state index in [2.05, 4.69) is 19.7 Å². The van der Waals surface area contributed by atoms with Crippen molar-refractivity contribution in [3.63, 3.8) is 0 Å². The van der Waals surface area contributed by atoms with Gasteiger partial charge in [0.05, 0.1) is 11.7 Å². The van der Waals surface area contributed by atoms with E-state index in [0.29, 0.717) is 36.0 Å². The van der Waals surface area contributed by atoms with E-state index in [4.69, 9.17) is 4.52 Å². The average molecular weight is 307 g/mol. The molecule has 0 bridgehead atoms. The lowest BCUT2D eigenvalue weighted by Crippen LogP contribution is -2.31. The maximum atomic E-state index is 12.7. The molecular formula is C13H17N5O2S. The van der Waals surface area contributed by atoms with Gasteiger partial charge in [0, 0.05) is 13.0 Å². The number of amides is 1. The second-order valence-electron chi connectivity index (χ2n) is 4.96. The van der Waals surface area contributed by atoms with E-state index in [9.17, 15) is 4.79 Å². The van der Waals surface area contributed by atoms with Crippen LogP contribution in [-0.4, -0.2) is 37.1 Å². The van der Waals surface area contributed by atoms with Crippen LogP contribution >= 0.6 is 11.5 Å². The summed E-state index contributed by atoms with van der Waals surface area (Å²) in [4.78, 5) is 19.5. The van der Waals surface area contributed by atoms with E-state index in [0.717, 1.165) is 30.1 Å². The first kappa shape index (κ1) is 14.1. The first-order valence-corrected chi connectivity index (χ1v) is 7.96. The molecule has 0 radical (unpaired) electrons. The Balaban J connectivity index is 1.85. The Morgan fingerprint density at radius 2 is 2.29 bits per heavy atom. The lowest BCUT2D eigenvalue weighted by molar-refractivity contribution is 0.0732. The smallest absolute Gasteiger partial charge is 0.268 e. The fraction of sp³-hybridized carbons (Fsp3) is 0.615. The van der Waals surface area contributed by atoms with Gasteiger partial charge in [0.1, 0.15) is 4.88 Å². The SMILES string of the molecule is CCc1nc(C2CCCN2C(=O)c2snnc2CC)no1. The highest BCUT2D eigenvalue weighted by Crippen LogP contribution is 2.32. The highest BCUT2D eigenvalue weighted by molar-refractivity contribution is 7.08. The van der Waals surface area contributed by atoms with E-state index >= 15 is 0 Å². The highest BCUT2D eigenvalue weighted by Gasteiger charge is 2.35. The molecule has 0 N–H and O–H groups in total. The van der Waals surface area contributed by atoms with Crippen LogP contribution in [0.4, 0.5) is 0 Å². The molecule has 1 aliphatic rings. The van der Waals surface area contributed by atoms with Crippen molar-refractivity contribution < 1.29 is 9.32 Å². The van der Waals surface area contributed by atoms with Gasteiger partial charge in [0.15, 0.2) is 5.82 Å². The summed E-state index contributed by atoms with van der Waals surface area (Å²) < 4.78 is 9.06. The van der Waals surface area contributed by atoms with Crippen molar-refractivity contribution in [3.05, 3.63) is 22.3 Å². The van der Waals surface area contributed by atoms with Crippen molar-refractivity contribution in [1.82, 2.24) is 24.6 Å². The van der Waals surface area contributed by atoms with Crippen LogP contribution in [0.3, 0.4) is 0 Å². The zero-order valence-corrected chi connectivity index (χ0v) is 12.9. The summed E-state index contributed by atoms with van der Waals surface area (Å²) in [5.74, 6) is 1.19. The molecule has 1 unspecified atom stereocenters. The van der Waals surface area contributed by atoms with Crippen LogP contribution in [-0.2, 0) is 12.8 Å². The lowest BCUT2D eigenvalue weighted by Gasteiger charge is -2.21. The lowest BCUT2D eigenvalue weighted by atomic mass is 10.2. The molecule has 21 heavy (non-hydrogen) atoms. The summed E-state index contributed by atoms with van der Waals surface area (Å²) in [7, 11) is 0. The summed E-state index contributed by atoms with van der Waals surface area (Å²) >= 11 is 1.16. The van der Waals surface area contributed by atoms with Crippen LogP contribution in [0.15, 0.2) is 4.52 Å². The van der Waals surface area contributed by atoms with Crippen LogP contribution in [0.2, 0.25) is 0 Å². The second kappa shape index (κ2) is 5.88. The highest BCUT2D eigenvalue weighted by atomic mass is 32.1. The summed E-state index contributed by atoms with van der Waals surface area (Å²) in [5, 5.41) is 8.03. The molecule has 3 rings (SSSR count). The van der Waals surface area contributed by atoms with Crippen molar-refractivity contribution in [3.8, 4) is 0 Å². The Bertz CT molecular complexity index is 638. The van der Waals surface area contributed by atoms with Crippen molar-refractivity contribution >= 4 is 17.4 Å². The van der Waals surface area contributed by atoms with Crippen molar-refractivity contribution in [2.24, 2.45) is 0 Å². The molecule has 0 spiro atoms. The average Bonchev–Trinajstić information content (AvgIpc) is 3.23. The van der Waals surface area contributed by atoms with Gasteiger partial charge in [0.25, 0.3) is 5.91 Å². The number of aromatic nitrogens is 4. The Hall–Kier alpha value is -1.83. The monoisotopic (exact) mass is 307 g/mol. The van der Waals surface area contributed by atoms with Crippen LogP contribution in [0.25, 0.3) is 0 Å². The number of likely N-dealkylation sites (tertiary alicyclic amines) is 1. The second-order valence-corrected chi connectivity index (χ2v) is 5.71. The molecule has 0 aromatic carbocycles. The minimum atomic E-state index is -0.103. The van der Waals surface area contributed by atoms with Crippen LogP contribution in [0.1, 0.15) is 59.8 Å². The van der Waals surface area contributed by atoms with Crippen LogP contribution < -0.4 is 0 Å². The summed E-state index contributed by atoms with van der Waals surface area (Å²) in [6.07, 6.45) is 3.22. The van der Waals surface area contributed by atoms with Crippen molar-refractivity contribution in [2.45, 2.75) is 45.6 Å². The maximum absolute atomic E-state index is 12.7. The number of rotatable bonds is 4. The number of hydrogen-bond acceptors (Lipinski definition) is 7. The van der Waals surface area contributed by atoms with Crippen molar-refractivity contribution in [2.75, 3.05) is 6.54 Å². The zero-order valence-electron chi connectivity index (χ0n) is 12.1. The Kier molecular flexibility index (Phi) is 3.96. The number of nitrogens with zero attached hydrogens (tertiary/aromatic N) is 5. The molecule has 1 fully saturated rings. The number of carbonyl (C=O) groups excluding carboxylic acids is 1. The van der Waals surface area contributed by atoms with Gasteiger partial charge in [-0.1, -0.05) is 23.5 Å². The topological polar surface area (TPSA) is 85.0 Å². The molecule has 1 atom stereocenters. The van der Waals surface area contributed by atoms with E-state index < -0.39 is 0 Å². The molecular weight excluding hydrogens is 290 g/mol. The molecule has 3 heterocycles. The number of hydrogen-bond donors (Lipinski definition) is 0. The largest absolute Gasteiger partial charge is 0.339 e. The third-order valence-electron chi connectivity index (χ3n) is 3.68. The summed E-state index contributed by atoms with van der Waals surface area (Å²) in [6.45, 7) is 4.65. The van der Waals surface area contributed by atoms with Crippen molar-refractivity contribution in [1.29, 1.82) is 0 Å². The molecule has 0 saturated carbocycles. The number of carbonyl (C=O) groups is 1. The van der Waals surface area contributed by atoms with Gasteiger partial charge < -0.3 is 9.42 Å². The summed E-state index contributed by atoms with van der Waals surface area (Å²) in [5.41, 5.74) is 0.762. The zero-order chi connectivity index (χ0) is 14.8.